The first kappa shape index (κ1) is 15.9. The lowest BCUT2D eigenvalue weighted by Gasteiger charge is -2.08. The molecule has 0 fully saturated rings. The topological polar surface area (TPSA) is 94.4 Å². The van der Waals surface area contributed by atoms with Crippen molar-refractivity contribution in [3.63, 3.8) is 0 Å². The van der Waals surface area contributed by atoms with Crippen LogP contribution in [0.4, 0.5) is 11.4 Å². The minimum absolute atomic E-state index is 0.0575. The van der Waals surface area contributed by atoms with Gasteiger partial charge in [0.05, 0.1) is 29.3 Å². The number of rotatable bonds is 6. The van der Waals surface area contributed by atoms with Crippen LogP contribution in [0.5, 0.6) is 0 Å². The summed E-state index contributed by atoms with van der Waals surface area (Å²) in [5, 5.41) is 14.1. The number of aryl methyl sites for hydroxylation is 1. The van der Waals surface area contributed by atoms with Crippen LogP contribution >= 0.6 is 11.3 Å². The van der Waals surface area contributed by atoms with E-state index < -0.39 is 10.9 Å². The molecule has 0 bridgehead atoms. The van der Waals surface area contributed by atoms with Gasteiger partial charge in [-0.3, -0.25) is 10.1 Å². The Hall–Kier alpha value is -2.48. The fourth-order valence-corrected chi connectivity index (χ4v) is 2.57. The van der Waals surface area contributed by atoms with Crippen molar-refractivity contribution in [1.82, 2.24) is 4.98 Å². The third-order valence-electron chi connectivity index (χ3n) is 2.99. The molecular formula is C14H15N3O4S. The number of esters is 1. The number of carbonyl (C=O) groups excluding carboxylic acids is 1. The second kappa shape index (κ2) is 6.99. The van der Waals surface area contributed by atoms with Gasteiger partial charge in [-0.05, 0) is 26.0 Å². The molecule has 1 aromatic heterocycles. The van der Waals surface area contributed by atoms with E-state index in [4.69, 9.17) is 4.74 Å². The van der Waals surface area contributed by atoms with E-state index in [-0.39, 0.29) is 17.9 Å². The van der Waals surface area contributed by atoms with Gasteiger partial charge in [0.15, 0.2) is 0 Å². The predicted molar refractivity (Wildman–Crippen MR) is 83.2 cm³/mol. The zero-order chi connectivity index (χ0) is 16.1. The summed E-state index contributed by atoms with van der Waals surface area (Å²) in [7, 11) is 0. The number of hydrogen-bond acceptors (Lipinski definition) is 7. The Morgan fingerprint density at radius 1 is 1.50 bits per heavy atom. The molecule has 0 saturated carbocycles. The summed E-state index contributed by atoms with van der Waals surface area (Å²) in [6, 6.07) is 4.30. The Bertz CT molecular complexity index is 699. The van der Waals surface area contributed by atoms with Gasteiger partial charge in [0.2, 0.25) is 0 Å². The Kier molecular flexibility index (Phi) is 5.05. The number of carbonyl (C=O) groups is 1. The van der Waals surface area contributed by atoms with Gasteiger partial charge < -0.3 is 10.1 Å². The van der Waals surface area contributed by atoms with Crippen LogP contribution in [0.1, 0.15) is 27.9 Å². The van der Waals surface area contributed by atoms with E-state index in [1.165, 1.54) is 23.5 Å². The monoisotopic (exact) mass is 321 g/mol. The molecule has 0 spiro atoms. The molecule has 0 unspecified atom stereocenters. The maximum Gasteiger partial charge on any atom is 0.345 e. The molecule has 7 nitrogen and oxygen atoms in total. The minimum Gasteiger partial charge on any atom is -0.462 e. The zero-order valence-electron chi connectivity index (χ0n) is 12.2. The molecule has 0 atom stereocenters. The summed E-state index contributed by atoms with van der Waals surface area (Å²) in [5.74, 6) is -0.702. The molecule has 1 heterocycles. The van der Waals surface area contributed by atoms with E-state index >= 15 is 0 Å². The van der Waals surface area contributed by atoms with Gasteiger partial charge in [0, 0.05) is 16.6 Å². The lowest BCUT2D eigenvalue weighted by molar-refractivity contribution is -0.385. The number of aromatic nitrogens is 1. The number of nitro groups is 1. The van der Waals surface area contributed by atoms with E-state index in [0.717, 1.165) is 10.6 Å². The number of ether oxygens (including phenoxy) is 1. The van der Waals surface area contributed by atoms with Gasteiger partial charge in [-0.1, -0.05) is 0 Å². The summed E-state index contributed by atoms with van der Waals surface area (Å²) in [4.78, 5) is 27.5. The van der Waals surface area contributed by atoms with E-state index in [2.05, 4.69) is 10.3 Å². The standard InChI is InChI=1S/C14H15N3O4S/c1-3-21-14(18)11-6-10(4-5-12(11)17(19)20)15-7-13-9(2)16-8-22-13/h4-6,8,15H,3,7H2,1-2H3. The molecule has 8 heteroatoms. The molecule has 0 aliphatic heterocycles. The average Bonchev–Trinajstić information content (AvgIpc) is 2.90. The minimum atomic E-state index is -0.702. The third-order valence-corrected chi connectivity index (χ3v) is 3.92. The summed E-state index contributed by atoms with van der Waals surface area (Å²) < 4.78 is 4.86. The van der Waals surface area contributed by atoms with Gasteiger partial charge in [0.1, 0.15) is 5.56 Å². The number of nitrogens with zero attached hydrogens (tertiary/aromatic N) is 2. The van der Waals surface area contributed by atoms with Crippen molar-refractivity contribution in [2.24, 2.45) is 0 Å². The van der Waals surface area contributed by atoms with E-state index in [0.29, 0.717) is 12.2 Å². The number of thiazole rings is 1. The molecule has 0 radical (unpaired) electrons. The molecule has 0 amide bonds. The Balaban J connectivity index is 2.22. The Morgan fingerprint density at radius 2 is 2.27 bits per heavy atom. The molecule has 2 rings (SSSR count). The smallest absolute Gasteiger partial charge is 0.345 e. The van der Waals surface area contributed by atoms with E-state index in [9.17, 15) is 14.9 Å². The van der Waals surface area contributed by atoms with Crippen molar-refractivity contribution < 1.29 is 14.5 Å². The summed E-state index contributed by atoms with van der Waals surface area (Å²) >= 11 is 1.52. The normalized spacial score (nSPS) is 10.3. The second-order valence-corrected chi connectivity index (χ2v) is 5.36. The zero-order valence-corrected chi connectivity index (χ0v) is 13.0. The molecule has 0 aliphatic rings. The van der Waals surface area contributed by atoms with Gasteiger partial charge in [0.25, 0.3) is 5.69 Å². The molecule has 0 saturated heterocycles. The van der Waals surface area contributed by atoms with Gasteiger partial charge in [-0.15, -0.1) is 11.3 Å². The number of anilines is 1. The fourth-order valence-electron chi connectivity index (χ4n) is 1.86. The van der Waals surface area contributed by atoms with Crippen LogP contribution in [0.2, 0.25) is 0 Å². The average molecular weight is 321 g/mol. The Morgan fingerprint density at radius 3 is 2.86 bits per heavy atom. The maximum atomic E-state index is 11.8. The molecule has 2 aromatic rings. The second-order valence-electron chi connectivity index (χ2n) is 4.42. The van der Waals surface area contributed by atoms with Gasteiger partial charge >= 0.3 is 5.97 Å². The lowest BCUT2D eigenvalue weighted by Crippen LogP contribution is -2.09. The lowest BCUT2D eigenvalue weighted by atomic mass is 10.1. The molecule has 1 aromatic carbocycles. The molecule has 22 heavy (non-hydrogen) atoms. The highest BCUT2D eigenvalue weighted by Gasteiger charge is 2.21. The first-order valence-electron chi connectivity index (χ1n) is 6.61. The van der Waals surface area contributed by atoms with Gasteiger partial charge in [-0.2, -0.15) is 0 Å². The highest BCUT2D eigenvalue weighted by atomic mass is 32.1. The fraction of sp³-hybridized carbons (Fsp3) is 0.286. The van der Waals surface area contributed by atoms with E-state index in [1.54, 1.807) is 18.5 Å². The third kappa shape index (κ3) is 3.59. The van der Waals surface area contributed by atoms with Crippen molar-refractivity contribution in [3.05, 3.63) is 50.0 Å². The SMILES string of the molecule is CCOC(=O)c1cc(NCc2scnc2C)ccc1[N+](=O)[O-]. The van der Waals surface area contributed by atoms with Crippen LogP contribution in [-0.4, -0.2) is 22.5 Å². The summed E-state index contributed by atoms with van der Waals surface area (Å²) in [6.07, 6.45) is 0. The van der Waals surface area contributed by atoms with Crippen LogP contribution < -0.4 is 5.32 Å². The highest BCUT2D eigenvalue weighted by molar-refractivity contribution is 7.09. The number of nitrogens with one attached hydrogen (secondary N) is 1. The van der Waals surface area contributed by atoms with Crippen molar-refractivity contribution in [3.8, 4) is 0 Å². The number of benzene rings is 1. The number of nitro benzene ring substituents is 1. The maximum absolute atomic E-state index is 11.8. The van der Waals surface area contributed by atoms with Crippen LogP contribution in [0.15, 0.2) is 23.7 Å². The molecule has 0 aliphatic carbocycles. The first-order valence-corrected chi connectivity index (χ1v) is 7.49. The molecule has 116 valence electrons. The van der Waals surface area contributed by atoms with Crippen LogP contribution in [0, 0.1) is 17.0 Å². The largest absolute Gasteiger partial charge is 0.462 e. The van der Waals surface area contributed by atoms with Crippen LogP contribution in [0.25, 0.3) is 0 Å². The summed E-state index contributed by atoms with van der Waals surface area (Å²) in [5.41, 5.74) is 2.98. The van der Waals surface area contributed by atoms with E-state index in [1.807, 2.05) is 6.92 Å². The molecular weight excluding hydrogens is 306 g/mol. The summed E-state index contributed by atoms with van der Waals surface area (Å²) in [6.45, 7) is 4.26. The van der Waals surface area contributed by atoms with Crippen molar-refractivity contribution >= 4 is 28.7 Å². The molecule has 1 N–H and O–H groups in total. The highest BCUT2D eigenvalue weighted by Crippen LogP contribution is 2.24. The van der Waals surface area contributed by atoms with Crippen molar-refractivity contribution in [1.29, 1.82) is 0 Å². The van der Waals surface area contributed by atoms with Crippen molar-refractivity contribution in [2.75, 3.05) is 11.9 Å². The van der Waals surface area contributed by atoms with Crippen LogP contribution in [0.3, 0.4) is 0 Å². The first-order chi connectivity index (χ1) is 10.5. The van der Waals surface area contributed by atoms with Gasteiger partial charge in [-0.25, -0.2) is 9.78 Å². The number of hydrogen-bond donors (Lipinski definition) is 1. The quantitative estimate of drug-likeness (QED) is 0.499. The van der Waals surface area contributed by atoms with Crippen molar-refractivity contribution in [2.45, 2.75) is 20.4 Å². The van der Waals surface area contributed by atoms with Crippen LogP contribution in [-0.2, 0) is 11.3 Å². The Labute approximate surface area is 131 Å². The predicted octanol–water partition coefficient (Wildman–Crippen LogP) is 3.15.